The molecule has 4 nitrogen and oxygen atoms in total. The van der Waals surface area contributed by atoms with Gasteiger partial charge >= 0.3 is 0 Å². The van der Waals surface area contributed by atoms with Gasteiger partial charge in [-0.2, -0.15) is 5.10 Å². The van der Waals surface area contributed by atoms with Gasteiger partial charge in [0.15, 0.2) is 0 Å². The Morgan fingerprint density at radius 2 is 2.00 bits per heavy atom. The first kappa shape index (κ1) is 15.2. The topological polar surface area (TPSA) is 41.9 Å². The van der Waals surface area contributed by atoms with Gasteiger partial charge in [0.25, 0.3) is 0 Å². The Hall–Kier alpha value is -0.870. The molecule has 18 heavy (non-hydrogen) atoms. The molecule has 0 amide bonds. The lowest BCUT2D eigenvalue weighted by molar-refractivity contribution is 0.471. The lowest BCUT2D eigenvalue weighted by Crippen LogP contribution is -2.37. The van der Waals surface area contributed by atoms with E-state index in [0.717, 1.165) is 26.1 Å². The molecule has 0 spiro atoms. The van der Waals surface area contributed by atoms with Crippen LogP contribution in [0.2, 0.25) is 0 Å². The molecular weight excluding hydrogens is 224 g/mol. The molecule has 0 aliphatic carbocycles. The minimum atomic E-state index is 0.480. The Kier molecular flexibility index (Phi) is 6.36. The first-order valence-corrected chi connectivity index (χ1v) is 6.98. The van der Waals surface area contributed by atoms with Gasteiger partial charge in [-0.05, 0) is 25.8 Å². The van der Waals surface area contributed by atoms with Crippen molar-refractivity contribution in [3.05, 3.63) is 17.5 Å². The van der Waals surface area contributed by atoms with Gasteiger partial charge in [-0.3, -0.25) is 4.68 Å². The van der Waals surface area contributed by atoms with Crippen LogP contribution in [0.15, 0.2) is 6.20 Å². The predicted octanol–water partition coefficient (Wildman–Crippen LogP) is 1.71. The highest BCUT2D eigenvalue weighted by molar-refractivity contribution is 5.16. The molecular formula is C14H28N4. The highest BCUT2D eigenvalue weighted by atomic mass is 15.3. The Morgan fingerprint density at radius 3 is 2.61 bits per heavy atom. The van der Waals surface area contributed by atoms with Crippen molar-refractivity contribution in [3.63, 3.8) is 0 Å². The fraction of sp³-hybridized carbons (Fsp3) is 0.786. The summed E-state index contributed by atoms with van der Waals surface area (Å²) in [5, 5.41) is 11.5. The fourth-order valence-electron chi connectivity index (χ4n) is 1.97. The van der Waals surface area contributed by atoms with Crippen molar-refractivity contribution >= 4 is 0 Å². The van der Waals surface area contributed by atoms with Gasteiger partial charge in [-0.25, -0.2) is 0 Å². The van der Waals surface area contributed by atoms with E-state index in [2.05, 4.69) is 49.6 Å². The average Bonchev–Trinajstić information content (AvgIpc) is 2.66. The van der Waals surface area contributed by atoms with E-state index < -0.39 is 0 Å². The highest BCUT2D eigenvalue weighted by Crippen LogP contribution is 2.06. The van der Waals surface area contributed by atoms with Gasteiger partial charge in [0.05, 0.1) is 5.69 Å². The molecule has 0 aliphatic heterocycles. The number of rotatable bonds is 8. The third kappa shape index (κ3) is 5.19. The summed E-state index contributed by atoms with van der Waals surface area (Å²) in [5.41, 5.74) is 2.52. The number of hydrogen-bond donors (Lipinski definition) is 2. The number of hydrogen-bond acceptors (Lipinski definition) is 3. The number of nitrogens with one attached hydrogen (secondary N) is 2. The van der Waals surface area contributed by atoms with E-state index in [1.807, 2.05) is 11.7 Å². The largest absolute Gasteiger partial charge is 0.315 e. The van der Waals surface area contributed by atoms with Crippen LogP contribution in [0.4, 0.5) is 0 Å². The van der Waals surface area contributed by atoms with Crippen molar-refractivity contribution < 1.29 is 0 Å². The van der Waals surface area contributed by atoms with Crippen molar-refractivity contribution in [2.75, 3.05) is 13.1 Å². The highest BCUT2D eigenvalue weighted by Gasteiger charge is 2.07. The SMILES string of the molecule is CCc1nn(C)cc1CNC(C)CNCC(C)C. The summed E-state index contributed by atoms with van der Waals surface area (Å²) in [6.07, 6.45) is 3.11. The monoisotopic (exact) mass is 252 g/mol. The second kappa shape index (κ2) is 7.54. The maximum absolute atomic E-state index is 4.45. The number of aromatic nitrogens is 2. The smallest absolute Gasteiger partial charge is 0.0666 e. The Labute approximate surface area is 111 Å². The molecule has 1 unspecified atom stereocenters. The minimum absolute atomic E-state index is 0.480. The van der Waals surface area contributed by atoms with Crippen molar-refractivity contribution in [1.29, 1.82) is 0 Å². The molecule has 0 fully saturated rings. The lowest BCUT2D eigenvalue weighted by atomic mass is 10.2. The van der Waals surface area contributed by atoms with Gasteiger partial charge in [0.2, 0.25) is 0 Å². The normalized spacial score (nSPS) is 13.2. The Bertz CT molecular complexity index is 344. The molecule has 1 atom stereocenters. The Balaban J connectivity index is 2.30. The molecule has 0 aliphatic rings. The molecule has 104 valence electrons. The predicted molar refractivity (Wildman–Crippen MR) is 76.6 cm³/mol. The third-order valence-electron chi connectivity index (χ3n) is 2.97. The molecule has 0 aromatic carbocycles. The summed E-state index contributed by atoms with van der Waals surface area (Å²) in [5.74, 6) is 0.710. The van der Waals surface area contributed by atoms with Gasteiger partial charge in [0, 0.05) is 37.9 Å². The van der Waals surface area contributed by atoms with Crippen LogP contribution in [0.3, 0.4) is 0 Å². The first-order valence-electron chi connectivity index (χ1n) is 6.98. The molecule has 0 radical (unpaired) electrons. The minimum Gasteiger partial charge on any atom is -0.315 e. The maximum Gasteiger partial charge on any atom is 0.0666 e. The lowest BCUT2D eigenvalue weighted by Gasteiger charge is -2.15. The van der Waals surface area contributed by atoms with E-state index in [0.29, 0.717) is 12.0 Å². The van der Waals surface area contributed by atoms with Gasteiger partial charge in [-0.1, -0.05) is 20.8 Å². The third-order valence-corrected chi connectivity index (χ3v) is 2.97. The second-order valence-electron chi connectivity index (χ2n) is 5.46. The van der Waals surface area contributed by atoms with E-state index >= 15 is 0 Å². The van der Waals surface area contributed by atoms with Crippen LogP contribution < -0.4 is 10.6 Å². The second-order valence-corrected chi connectivity index (χ2v) is 5.46. The molecule has 2 N–H and O–H groups in total. The van der Waals surface area contributed by atoms with Crippen molar-refractivity contribution in [3.8, 4) is 0 Å². The zero-order chi connectivity index (χ0) is 13.5. The average molecular weight is 252 g/mol. The molecule has 1 aromatic rings. The fourth-order valence-corrected chi connectivity index (χ4v) is 1.97. The zero-order valence-corrected chi connectivity index (χ0v) is 12.5. The van der Waals surface area contributed by atoms with Crippen LogP contribution in [-0.2, 0) is 20.0 Å². The first-order chi connectivity index (χ1) is 8.52. The number of aryl methyl sites for hydroxylation is 2. The Morgan fingerprint density at radius 1 is 1.28 bits per heavy atom. The van der Waals surface area contributed by atoms with E-state index in [4.69, 9.17) is 0 Å². The zero-order valence-electron chi connectivity index (χ0n) is 12.5. The van der Waals surface area contributed by atoms with Crippen LogP contribution in [0.1, 0.15) is 39.0 Å². The molecule has 1 heterocycles. The van der Waals surface area contributed by atoms with Gasteiger partial charge in [-0.15, -0.1) is 0 Å². The van der Waals surface area contributed by atoms with Crippen LogP contribution in [0.25, 0.3) is 0 Å². The molecule has 0 saturated carbocycles. The summed E-state index contributed by atoms with van der Waals surface area (Å²) in [4.78, 5) is 0. The summed E-state index contributed by atoms with van der Waals surface area (Å²) >= 11 is 0. The number of nitrogens with zero attached hydrogens (tertiary/aromatic N) is 2. The van der Waals surface area contributed by atoms with E-state index in [-0.39, 0.29) is 0 Å². The molecule has 0 bridgehead atoms. The van der Waals surface area contributed by atoms with Crippen molar-refractivity contribution in [2.24, 2.45) is 13.0 Å². The summed E-state index contributed by atoms with van der Waals surface area (Å²) in [6.45, 7) is 11.8. The van der Waals surface area contributed by atoms with E-state index in [1.165, 1.54) is 11.3 Å². The summed E-state index contributed by atoms with van der Waals surface area (Å²) < 4.78 is 1.90. The maximum atomic E-state index is 4.45. The molecule has 1 aromatic heterocycles. The van der Waals surface area contributed by atoms with E-state index in [1.54, 1.807) is 0 Å². The summed E-state index contributed by atoms with van der Waals surface area (Å²) in [7, 11) is 1.98. The quantitative estimate of drug-likeness (QED) is 0.740. The van der Waals surface area contributed by atoms with Crippen LogP contribution in [0.5, 0.6) is 0 Å². The van der Waals surface area contributed by atoms with Crippen LogP contribution in [-0.4, -0.2) is 28.9 Å². The van der Waals surface area contributed by atoms with Crippen molar-refractivity contribution in [1.82, 2.24) is 20.4 Å². The van der Waals surface area contributed by atoms with E-state index in [9.17, 15) is 0 Å². The van der Waals surface area contributed by atoms with Crippen molar-refractivity contribution in [2.45, 2.75) is 46.7 Å². The molecule has 1 rings (SSSR count). The van der Waals surface area contributed by atoms with Crippen LogP contribution in [0, 0.1) is 5.92 Å². The molecule has 4 heteroatoms. The van der Waals surface area contributed by atoms with Gasteiger partial charge < -0.3 is 10.6 Å². The van der Waals surface area contributed by atoms with Crippen LogP contribution >= 0.6 is 0 Å². The molecule has 0 saturated heterocycles. The summed E-state index contributed by atoms with van der Waals surface area (Å²) in [6, 6.07) is 0.480. The van der Waals surface area contributed by atoms with Gasteiger partial charge in [0.1, 0.15) is 0 Å². The standard InChI is InChI=1S/C14H28N4/c1-6-14-13(10-18(5)17-14)9-16-12(4)8-15-7-11(2)3/h10-12,15-16H,6-9H2,1-5H3.